The number of hydrogen-bond donors (Lipinski definition) is 0. The number of carbonyl (C=O) groups is 1. The fourth-order valence-corrected chi connectivity index (χ4v) is 4.11. The summed E-state index contributed by atoms with van der Waals surface area (Å²) in [7, 11) is 1.64. The van der Waals surface area contributed by atoms with Crippen LogP contribution in [0.5, 0.6) is 0 Å². The standard InChI is InChI=1S/C25H29FN4O3/c1-17(2)30(18-8-10-19(32-3)11-9-18)24(31)21-16-27-25(29-12-14-33-15-13-29)28-23(21)20-6-4-5-7-22(20)26/h4-8,10,16-17H,9,11-15H2,1-3H3. The molecule has 1 aromatic carbocycles. The molecule has 0 spiro atoms. The van der Waals surface area contributed by atoms with Crippen molar-refractivity contribution in [1.82, 2.24) is 14.9 Å². The third kappa shape index (κ3) is 4.90. The Labute approximate surface area is 193 Å². The lowest BCUT2D eigenvalue weighted by Crippen LogP contribution is -2.39. The average Bonchev–Trinajstić information content (AvgIpc) is 2.85. The molecule has 0 saturated carbocycles. The van der Waals surface area contributed by atoms with Crippen LogP contribution in [0.15, 0.2) is 54.1 Å². The van der Waals surface area contributed by atoms with Gasteiger partial charge < -0.3 is 19.3 Å². The molecule has 0 radical (unpaired) electrons. The molecular formula is C25H29FN4O3. The summed E-state index contributed by atoms with van der Waals surface area (Å²) in [5.74, 6) is 0.657. The van der Waals surface area contributed by atoms with Gasteiger partial charge in [-0.25, -0.2) is 14.4 Å². The highest BCUT2D eigenvalue weighted by molar-refractivity contribution is 6.01. The summed E-state index contributed by atoms with van der Waals surface area (Å²) >= 11 is 0. The Morgan fingerprint density at radius 1 is 1.18 bits per heavy atom. The zero-order chi connectivity index (χ0) is 23.4. The maximum absolute atomic E-state index is 14.8. The lowest BCUT2D eigenvalue weighted by Gasteiger charge is -2.32. The summed E-state index contributed by atoms with van der Waals surface area (Å²) in [5, 5.41) is 0. The van der Waals surface area contributed by atoms with Gasteiger partial charge in [0.1, 0.15) is 5.82 Å². The van der Waals surface area contributed by atoms with E-state index in [0.717, 1.165) is 11.5 Å². The Morgan fingerprint density at radius 3 is 2.58 bits per heavy atom. The maximum atomic E-state index is 14.8. The van der Waals surface area contributed by atoms with Crippen molar-refractivity contribution < 1.29 is 18.7 Å². The van der Waals surface area contributed by atoms with Crippen molar-refractivity contribution in [1.29, 1.82) is 0 Å². The lowest BCUT2D eigenvalue weighted by atomic mass is 10.0. The average molecular weight is 453 g/mol. The van der Waals surface area contributed by atoms with Crippen molar-refractivity contribution in [3.05, 3.63) is 65.5 Å². The Morgan fingerprint density at radius 2 is 1.94 bits per heavy atom. The van der Waals surface area contributed by atoms with E-state index in [1.165, 1.54) is 12.3 Å². The lowest BCUT2D eigenvalue weighted by molar-refractivity contribution is 0.0759. The minimum absolute atomic E-state index is 0.103. The second-order valence-electron chi connectivity index (χ2n) is 8.28. The molecule has 1 fully saturated rings. The number of anilines is 1. The molecule has 4 rings (SSSR count). The van der Waals surface area contributed by atoms with Gasteiger partial charge in [-0.05, 0) is 44.6 Å². The highest BCUT2D eigenvalue weighted by Gasteiger charge is 2.29. The SMILES string of the molecule is COC1=CC=C(N(C(=O)c2cnc(N3CCOCC3)nc2-c2ccccc2F)C(C)C)CC1. The van der Waals surface area contributed by atoms with E-state index in [1.54, 1.807) is 30.2 Å². The molecule has 1 amide bonds. The molecule has 0 unspecified atom stereocenters. The van der Waals surface area contributed by atoms with Gasteiger partial charge in [-0.1, -0.05) is 12.1 Å². The molecule has 8 heteroatoms. The van der Waals surface area contributed by atoms with Gasteiger partial charge in [-0.15, -0.1) is 0 Å². The molecule has 1 aliphatic heterocycles. The van der Waals surface area contributed by atoms with Crippen LogP contribution in [0.3, 0.4) is 0 Å². The number of allylic oxidation sites excluding steroid dienone is 4. The summed E-state index contributed by atoms with van der Waals surface area (Å²) in [6.45, 7) is 6.35. The zero-order valence-corrected chi connectivity index (χ0v) is 19.3. The number of ether oxygens (including phenoxy) is 2. The van der Waals surface area contributed by atoms with Crippen LogP contribution in [0, 0.1) is 5.82 Å². The number of amides is 1. The van der Waals surface area contributed by atoms with E-state index in [9.17, 15) is 9.18 Å². The minimum atomic E-state index is -0.432. The largest absolute Gasteiger partial charge is 0.501 e. The fraction of sp³-hybridized carbons (Fsp3) is 0.400. The van der Waals surface area contributed by atoms with E-state index in [4.69, 9.17) is 9.47 Å². The molecule has 2 aliphatic rings. The molecule has 1 aliphatic carbocycles. The van der Waals surface area contributed by atoms with E-state index in [0.29, 0.717) is 50.8 Å². The van der Waals surface area contributed by atoms with E-state index >= 15 is 0 Å². The van der Waals surface area contributed by atoms with Crippen molar-refractivity contribution in [2.75, 3.05) is 38.3 Å². The third-order valence-corrected chi connectivity index (χ3v) is 5.83. The highest BCUT2D eigenvalue weighted by Crippen LogP contribution is 2.30. The monoisotopic (exact) mass is 452 g/mol. The van der Waals surface area contributed by atoms with Gasteiger partial charge in [-0.3, -0.25) is 4.79 Å². The molecule has 33 heavy (non-hydrogen) atoms. The molecule has 2 heterocycles. The first kappa shape index (κ1) is 22.9. The van der Waals surface area contributed by atoms with Gasteiger partial charge in [0, 0.05) is 43.0 Å². The van der Waals surface area contributed by atoms with Crippen LogP contribution in [0.4, 0.5) is 10.3 Å². The first-order valence-corrected chi connectivity index (χ1v) is 11.2. The number of hydrogen-bond acceptors (Lipinski definition) is 6. The second-order valence-corrected chi connectivity index (χ2v) is 8.28. The van der Waals surface area contributed by atoms with Crippen LogP contribution in [-0.2, 0) is 9.47 Å². The number of benzene rings is 1. The Balaban J connectivity index is 1.78. The number of aromatic nitrogens is 2. The molecule has 1 saturated heterocycles. The normalized spacial score (nSPS) is 16.3. The summed E-state index contributed by atoms with van der Waals surface area (Å²) in [6, 6.07) is 6.28. The predicted octanol–water partition coefficient (Wildman–Crippen LogP) is 4.18. The van der Waals surface area contributed by atoms with Crippen LogP contribution in [0.1, 0.15) is 37.0 Å². The highest BCUT2D eigenvalue weighted by atomic mass is 19.1. The molecule has 0 bridgehead atoms. The third-order valence-electron chi connectivity index (χ3n) is 5.83. The van der Waals surface area contributed by atoms with Crippen LogP contribution in [-0.4, -0.2) is 60.2 Å². The Hall–Kier alpha value is -3.26. The van der Waals surface area contributed by atoms with Crippen LogP contribution in [0.25, 0.3) is 11.3 Å². The summed E-state index contributed by atoms with van der Waals surface area (Å²) < 4.78 is 25.6. The molecule has 0 N–H and O–H groups in total. The number of carbonyl (C=O) groups excluding carboxylic acids is 1. The van der Waals surface area contributed by atoms with Gasteiger partial charge in [0.2, 0.25) is 5.95 Å². The Bertz CT molecular complexity index is 1080. The van der Waals surface area contributed by atoms with Crippen molar-refractivity contribution >= 4 is 11.9 Å². The molecule has 0 atom stereocenters. The van der Waals surface area contributed by atoms with Crippen molar-refractivity contribution in [2.45, 2.75) is 32.7 Å². The summed E-state index contributed by atoms with van der Waals surface area (Å²) in [6.07, 6.45) is 6.71. The topological polar surface area (TPSA) is 67.8 Å². The van der Waals surface area contributed by atoms with Crippen molar-refractivity contribution in [2.24, 2.45) is 0 Å². The van der Waals surface area contributed by atoms with Gasteiger partial charge in [-0.2, -0.15) is 0 Å². The van der Waals surface area contributed by atoms with Crippen LogP contribution in [0.2, 0.25) is 0 Å². The smallest absolute Gasteiger partial charge is 0.262 e. The van der Waals surface area contributed by atoms with E-state index < -0.39 is 5.82 Å². The maximum Gasteiger partial charge on any atom is 0.262 e. The molecule has 2 aromatic rings. The van der Waals surface area contributed by atoms with E-state index in [1.807, 2.05) is 30.9 Å². The molecule has 174 valence electrons. The molecule has 7 nitrogen and oxygen atoms in total. The van der Waals surface area contributed by atoms with Crippen molar-refractivity contribution in [3.8, 4) is 11.3 Å². The number of nitrogens with zero attached hydrogens (tertiary/aromatic N) is 4. The molecular weight excluding hydrogens is 423 g/mol. The van der Waals surface area contributed by atoms with E-state index in [2.05, 4.69) is 9.97 Å². The quantitative estimate of drug-likeness (QED) is 0.655. The van der Waals surface area contributed by atoms with Crippen LogP contribution < -0.4 is 4.90 Å². The minimum Gasteiger partial charge on any atom is -0.501 e. The number of rotatable bonds is 6. The van der Waals surface area contributed by atoms with Gasteiger partial charge in [0.15, 0.2) is 0 Å². The molecule has 1 aromatic heterocycles. The number of halogens is 1. The number of morpholine rings is 1. The Kier molecular flexibility index (Phi) is 7.03. The second kappa shape index (κ2) is 10.1. The van der Waals surface area contributed by atoms with Gasteiger partial charge >= 0.3 is 0 Å². The van der Waals surface area contributed by atoms with E-state index in [-0.39, 0.29) is 23.1 Å². The summed E-state index contributed by atoms with van der Waals surface area (Å²) in [5.41, 5.74) is 1.73. The van der Waals surface area contributed by atoms with Crippen LogP contribution >= 0.6 is 0 Å². The number of methoxy groups -OCH3 is 1. The first-order valence-electron chi connectivity index (χ1n) is 11.2. The first-order chi connectivity index (χ1) is 16.0. The van der Waals surface area contributed by atoms with Gasteiger partial charge in [0.25, 0.3) is 5.91 Å². The van der Waals surface area contributed by atoms with Gasteiger partial charge in [0.05, 0.1) is 37.3 Å². The fourth-order valence-electron chi connectivity index (χ4n) is 4.11. The zero-order valence-electron chi connectivity index (χ0n) is 19.3. The summed E-state index contributed by atoms with van der Waals surface area (Å²) in [4.78, 5) is 26.7. The van der Waals surface area contributed by atoms with Crippen molar-refractivity contribution in [3.63, 3.8) is 0 Å². The predicted molar refractivity (Wildman–Crippen MR) is 124 cm³/mol.